The van der Waals surface area contributed by atoms with Crippen molar-refractivity contribution in [1.29, 1.82) is 0 Å². The van der Waals surface area contributed by atoms with Gasteiger partial charge in [-0.1, -0.05) is 97.1 Å². The second-order valence-electron chi connectivity index (χ2n) is 10.5. The lowest BCUT2D eigenvalue weighted by Crippen LogP contribution is -2.39. The minimum atomic E-state index is -0.999. The van der Waals surface area contributed by atoms with Crippen molar-refractivity contribution in [2.45, 2.75) is 38.1 Å². The minimum absolute atomic E-state index is 0.0564. The number of hydrogen-bond donors (Lipinski definition) is 1. The first-order chi connectivity index (χ1) is 21.7. The molecule has 0 fully saturated rings. The third-order valence-electron chi connectivity index (χ3n) is 7.28. The molecule has 0 radical (unpaired) electrons. The first-order valence-electron chi connectivity index (χ1n) is 14.6. The second-order valence-corrected chi connectivity index (χ2v) is 10.5. The summed E-state index contributed by atoms with van der Waals surface area (Å²) in [7, 11) is 0. The summed E-state index contributed by atoms with van der Waals surface area (Å²) < 4.78 is 20.7. The Morgan fingerprint density at radius 1 is 0.659 bits per heavy atom. The summed E-state index contributed by atoms with van der Waals surface area (Å²) in [6.45, 7) is 1.02. The summed E-state index contributed by atoms with van der Waals surface area (Å²) in [6, 6.07) is 35.4. The molecule has 0 amide bonds. The third kappa shape index (κ3) is 7.42. The van der Waals surface area contributed by atoms with Gasteiger partial charge >= 0.3 is 0 Å². The lowest BCUT2D eigenvalue weighted by atomic mass is 10.0. The molecule has 0 bridgehead atoms. The maximum Gasteiger partial charge on any atom is 0.164 e. The monoisotopic (exact) mass is 586 g/mol. The van der Waals surface area contributed by atoms with E-state index in [4.69, 9.17) is 19.2 Å². The molecule has 3 aromatic carbocycles. The van der Waals surface area contributed by atoms with Gasteiger partial charge in [0.1, 0.15) is 18.3 Å². The first-order valence-corrected chi connectivity index (χ1v) is 14.6. The highest BCUT2D eigenvalue weighted by molar-refractivity contribution is 5.74. The fourth-order valence-electron chi connectivity index (χ4n) is 5.01. The number of aliphatic hydroxyl groups excluding tert-OH is 1. The van der Waals surface area contributed by atoms with Crippen LogP contribution in [0.4, 0.5) is 0 Å². The van der Waals surface area contributed by atoms with Gasteiger partial charge < -0.3 is 19.3 Å². The summed E-state index contributed by atoms with van der Waals surface area (Å²) in [5.74, 6) is 0. The zero-order valence-electron chi connectivity index (χ0n) is 24.2. The van der Waals surface area contributed by atoms with E-state index in [1.54, 1.807) is 23.1 Å². The molecule has 3 atom stereocenters. The molecule has 8 nitrogen and oxygen atoms in total. The standard InChI is InChI=1S/C36H34N4O4/c41-33(26-42-23-27-12-4-1-5-13-27)35(44-25-29-16-8-3-9-17-29)34(43-24-28-14-6-2-7-15-28)30-20-38-36-31(21-39-40(36)22-30)32-18-10-11-19-37-32/h1-22,33-35,41H,23-26H2/t33-,34-,35+/m1/s1. The normalized spacial score (nSPS) is 13.5. The third-order valence-corrected chi connectivity index (χ3v) is 7.28. The number of aliphatic hydroxyl groups is 1. The fraction of sp³-hybridized carbons (Fsp3) is 0.194. The van der Waals surface area contributed by atoms with Crippen molar-refractivity contribution in [3.05, 3.63) is 156 Å². The Morgan fingerprint density at radius 3 is 1.91 bits per heavy atom. The van der Waals surface area contributed by atoms with Gasteiger partial charge in [0.25, 0.3) is 0 Å². The Bertz CT molecular complexity index is 1720. The van der Waals surface area contributed by atoms with E-state index < -0.39 is 18.3 Å². The van der Waals surface area contributed by atoms with Crippen molar-refractivity contribution in [3.63, 3.8) is 0 Å². The maximum absolute atomic E-state index is 11.6. The average Bonchev–Trinajstić information content (AvgIpc) is 3.51. The number of rotatable bonds is 14. The van der Waals surface area contributed by atoms with Crippen LogP contribution in [-0.4, -0.2) is 43.5 Å². The van der Waals surface area contributed by atoms with E-state index in [9.17, 15) is 5.11 Å². The Morgan fingerprint density at radius 2 is 1.27 bits per heavy atom. The van der Waals surface area contributed by atoms with Crippen LogP contribution in [0.2, 0.25) is 0 Å². The average molecular weight is 587 g/mol. The number of fused-ring (bicyclic) bond motifs is 1. The van der Waals surface area contributed by atoms with Crippen LogP contribution < -0.4 is 0 Å². The van der Waals surface area contributed by atoms with Gasteiger partial charge in [0.05, 0.1) is 43.9 Å². The molecule has 6 aromatic rings. The predicted octanol–water partition coefficient (Wildman–Crippen LogP) is 6.21. The van der Waals surface area contributed by atoms with Crippen molar-refractivity contribution in [2.75, 3.05) is 6.61 Å². The molecule has 0 aliphatic heterocycles. The van der Waals surface area contributed by atoms with Crippen molar-refractivity contribution in [2.24, 2.45) is 0 Å². The summed E-state index contributed by atoms with van der Waals surface area (Å²) >= 11 is 0. The van der Waals surface area contributed by atoms with Crippen molar-refractivity contribution in [3.8, 4) is 11.3 Å². The van der Waals surface area contributed by atoms with Crippen LogP contribution in [0.25, 0.3) is 16.9 Å². The largest absolute Gasteiger partial charge is 0.388 e. The second kappa shape index (κ2) is 14.6. The Kier molecular flexibility index (Phi) is 9.76. The molecule has 3 heterocycles. The fourth-order valence-corrected chi connectivity index (χ4v) is 5.01. The zero-order valence-corrected chi connectivity index (χ0v) is 24.2. The van der Waals surface area contributed by atoms with Gasteiger partial charge in [0.2, 0.25) is 0 Å². The topological polar surface area (TPSA) is 91.0 Å². The molecule has 1 N–H and O–H groups in total. The van der Waals surface area contributed by atoms with Crippen LogP contribution in [0.15, 0.2) is 134 Å². The van der Waals surface area contributed by atoms with E-state index in [0.717, 1.165) is 27.9 Å². The number of nitrogens with zero attached hydrogens (tertiary/aromatic N) is 4. The number of aromatic nitrogens is 4. The van der Waals surface area contributed by atoms with Crippen molar-refractivity contribution in [1.82, 2.24) is 19.6 Å². The van der Waals surface area contributed by atoms with E-state index in [2.05, 4.69) is 10.1 Å². The van der Waals surface area contributed by atoms with Gasteiger partial charge in [-0.3, -0.25) is 4.98 Å². The molecule has 0 spiro atoms. The van der Waals surface area contributed by atoms with Gasteiger partial charge in [-0.15, -0.1) is 0 Å². The van der Waals surface area contributed by atoms with Crippen LogP contribution >= 0.6 is 0 Å². The van der Waals surface area contributed by atoms with E-state index in [0.29, 0.717) is 24.4 Å². The van der Waals surface area contributed by atoms with Gasteiger partial charge in [0, 0.05) is 24.2 Å². The highest BCUT2D eigenvalue weighted by Crippen LogP contribution is 2.30. The Balaban J connectivity index is 1.30. The SMILES string of the molecule is O[C@H](COCc1ccccc1)[C@H](OCc1ccccc1)[C@H](OCc1ccccc1)c1cnc2c(-c3ccccn3)cnn2c1. The van der Waals surface area contributed by atoms with Gasteiger partial charge in [-0.25, -0.2) is 9.50 Å². The van der Waals surface area contributed by atoms with Crippen LogP contribution in [0.1, 0.15) is 28.4 Å². The molecule has 222 valence electrons. The quantitative estimate of drug-likeness (QED) is 0.162. The predicted molar refractivity (Wildman–Crippen MR) is 167 cm³/mol. The van der Waals surface area contributed by atoms with E-state index in [-0.39, 0.29) is 13.2 Å². The van der Waals surface area contributed by atoms with Crippen molar-refractivity contribution >= 4 is 5.65 Å². The molecule has 0 aliphatic rings. The lowest BCUT2D eigenvalue weighted by Gasteiger charge is -2.31. The molecule has 0 saturated heterocycles. The smallest absolute Gasteiger partial charge is 0.164 e. The highest BCUT2D eigenvalue weighted by atomic mass is 16.6. The van der Waals surface area contributed by atoms with Gasteiger partial charge in [-0.2, -0.15) is 5.10 Å². The molecule has 6 rings (SSSR count). The van der Waals surface area contributed by atoms with Crippen LogP contribution in [0.5, 0.6) is 0 Å². The number of benzene rings is 3. The molecular formula is C36H34N4O4. The van der Waals surface area contributed by atoms with Gasteiger partial charge in [0.15, 0.2) is 5.65 Å². The first kappa shape index (κ1) is 29.3. The molecule has 0 aliphatic carbocycles. The van der Waals surface area contributed by atoms with Crippen molar-refractivity contribution < 1.29 is 19.3 Å². The Hall–Kier alpha value is -4.73. The molecule has 0 saturated carbocycles. The summed E-state index contributed by atoms with van der Waals surface area (Å²) in [4.78, 5) is 9.23. The summed E-state index contributed by atoms with van der Waals surface area (Å²) in [6.07, 6.45) is 4.67. The minimum Gasteiger partial charge on any atom is -0.388 e. The highest BCUT2D eigenvalue weighted by Gasteiger charge is 2.33. The van der Waals surface area contributed by atoms with E-state index in [1.165, 1.54) is 0 Å². The molecule has 0 unspecified atom stereocenters. The number of pyridine rings is 1. The lowest BCUT2D eigenvalue weighted by molar-refractivity contribution is -0.150. The van der Waals surface area contributed by atoms with Crippen LogP contribution in [-0.2, 0) is 34.0 Å². The van der Waals surface area contributed by atoms with E-state index >= 15 is 0 Å². The summed E-state index contributed by atoms with van der Waals surface area (Å²) in [5, 5.41) is 16.1. The molecule has 8 heteroatoms. The molecular weight excluding hydrogens is 552 g/mol. The molecule has 44 heavy (non-hydrogen) atoms. The number of ether oxygens (including phenoxy) is 3. The molecule has 3 aromatic heterocycles. The summed E-state index contributed by atoms with van der Waals surface area (Å²) in [5.41, 5.74) is 6.00. The van der Waals surface area contributed by atoms with Gasteiger partial charge in [-0.05, 0) is 28.8 Å². The Labute approximate surface area is 256 Å². The zero-order chi connectivity index (χ0) is 30.0. The van der Waals surface area contributed by atoms with E-state index in [1.807, 2.05) is 115 Å². The number of hydrogen-bond acceptors (Lipinski definition) is 7. The van der Waals surface area contributed by atoms with Crippen LogP contribution in [0, 0.1) is 0 Å². The maximum atomic E-state index is 11.6. The van der Waals surface area contributed by atoms with Crippen LogP contribution in [0.3, 0.4) is 0 Å².